The first kappa shape index (κ1) is 19.3. The van der Waals surface area contributed by atoms with E-state index in [1.807, 2.05) is 0 Å². The van der Waals surface area contributed by atoms with E-state index in [0.717, 1.165) is 13.8 Å². The molecule has 0 saturated heterocycles. The van der Waals surface area contributed by atoms with Gasteiger partial charge in [0, 0.05) is 37.8 Å². The molecule has 21 heavy (non-hydrogen) atoms. The van der Waals surface area contributed by atoms with Crippen LogP contribution in [0.2, 0.25) is 0 Å². The van der Waals surface area contributed by atoms with Crippen molar-refractivity contribution in [3.8, 4) is 0 Å². The lowest BCUT2D eigenvalue weighted by Crippen LogP contribution is -2.39. The molecule has 0 aliphatic carbocycles. The Labute approximate surface area is 124 Å². The maximum absolute atomic E-state index is 11.6. The van der Waals surface area contributed by atoms with Gasteiger partial charge in [0.25, 0.3) is 20.0 Å². The lowest BCUT2D eigenvalue weighted by Gasteiger charge is -2.22. The number of rotatable bonds is 8. The second-order valence-corrected chi connectivity index (χ2v) is 7.57. The van der Waals surface area contributed by atoms with Crippen molar-refractivity contribution in [1.82, 2.24) is 8.61 Å². The Kier molecular flexibility index (Phi) is 6.77. The SMILES string of the molecule is C=CS(=O)(=O)N(CCCN(C(C)=O)S(=O)(=O)C=C)C(C)=O. The molecule has 0 fully saturated rings. The molecule has 0 aromatic heterocycles. The van der Waals surface area contributed by atoms with Gasteiger partial charge in [-0.05, 0) is 6.42 Å². The highest BCUT2D eigenvalue weighted by Crippen LogP contribution is 2.08. The molecule has 0 atom stereocenters. The standard InChI is InChI=1S/C11H18N2O6S2/c1-5-20(16,17)12(10(3)14)8-7-9-13(11(4)15)21(18,19)6-2/h5-6H,1-2,7-9H2,3-4H3. The molecule has 120 valence electrons. The Morgan fingerprint density at radius 1 is 0.857 bits per heavy atom. The highest BCUT2D eigenvalue weighted by Gasteiger charge is 2.24. The van der Waals surface area contributed by atoms with Crippen molar-refractivity contribution >= 4 is 31.9 Å². The van der Waals surface area contributed by atoms with Gasteiger partial charge in [-0.1, -0.05) is 13.2 Å². The Morgan fingerprint density at radius 2 is 1.14 bits per heavy atom. The van der Waals surface area contributed by atoms with E-state index in [4.69, 9.17) is 0 Å². The predicted octanol–water partition coefficient (Wildman–Crippen LogP) is 0.0201. The first-order chi connectivity index (χ1) is 9.49. The first-order valence-corrected chi connectivity index (χ1v) is 8.81. The number of hydrogen-bond acceptors (Lipinski definition) is 6. The quantitative estimate of drug-likeness (QED) is 0.617. The van der Waals surface area contributed by atoms with Crippen LogP contribution < -0.4 is 0 Å². The minimum absolute atomic E-state index is 0.0424. The van der Waals surface area contributed by atoms with E-state index < -0.39 is 31.9 Å². The molecule has 0 rings (SSSR count). The molecule has 0 bridgehead atoms. The van der Waals surface area contributed by atoms with Crippen LogP contribution in [0.5, 0.6) is 0 Å². The van der Waals surface area contributed by atoms with Crippen molar-refractivity contribution in [3.05, 3.63) is 24.0 Å². The average Bonchev–Trinajstić information content (AvgIpc) is 2.37. The number of nitrogens with zero attached hydrogens (tertiary/aromatic N) is 2. The molecule has 0 aliphatic rings. The van der Waals surface area contributed by atoms with Crippen LogP contribution in [0.4, 0.5) is 0 Å². The normalized spacial score (nSPS) is 11.5. The molecular weight excluding hydrogens is 320 g/mol. The molecule has 8 nitrogen and oxygen atoms in total. The summed E-state index contributed by atoms with van der Waals surface area (Å²) in [5.41, 5.74) is 0. The van der Waals surface area contributed by atoms with Crippen LogP contribution in [0.3, 0.4) is 0 Å². The molecule has 0 aliphatic heterocycles. The number of amides is 2. The van der Waals surface area contributed by atoms with Crippen LogP contribution in [0.25, 0.3) is 0 Å². The van der Waals surface area contributed by atoms with E-state index in [1.54, 1.807) is 0 Å². The molecule has 0 N–H and O–H groups in total. The van der Waals surface area contributed by atoms with E-state index in [1.165, 1.54) is 0 Å². The summed E-state index contributed by atoms with van der Waals surface area (Å²) in [4.78, 5) is 22.6. The summed E-state index contributed by atoms with van der Waals surface area (Å²) >= 11 is 0. The fraction of sp³-hybridized carbons (Fsp3) is 0.455. The topological polar surface area (TPSA) is 109 Å². The fourth-order valence-electron chi connectivity index (χ4n) is 1.47. The zero-order chi connectivity index (χ0) is 16.8. The molecule has 0 radical (unpaired) electrons. The minimum atomic E-state index is -3.94. The maximum Gasteiger partial charge on any atom is 0.259 e. The van der Waals surface area contributed by atoms with Gasteiger partial charge in [-0.3, -0.25) is 9.59 Å². The van der Waals surface area contributed by atoms with Crippen LogP contribution in [0, 0.1) is 0 Å². The van der Waals surface area contributed by atoms with E-state index in [0.29, 0.717) is 19.4 Å². The van der Waals surface area contributed by atoms with Gasteiger partial charge in [0.15, 0.2) is 0 Å². The van der Waals surface area contributed by atoms with Crippen molar-refractivity contribution in [2.24, 2.45) is 0 Å². The molecule has 0 spiro atoms. The summed E-state index contributed by atoms with van der Waals surface area (Å²) in [6.45, 7) is 7.80. The molecule has 10 heteroatoms. The van der Waals surface area contributed by atoms with E-state index in [-0.39, 0.29) is 19.5 Å². The van der Waals surface area contributed by atoms with Gasteiger partial charge in [-0.15, -0.1) is 0 Å². The highest BCUT2D eigenvalue weighted by molar-refractivity contribution is 7.92. The van der Waals surface area contributed by atoms with E-state index in [2.05, 4.69) is 13.2 Å². The number of sulfonamides is 2. The van der Waals surface area contributed by atoms with Crippen molar-refractivity contribution < 1.29 is 26.4 Å². The fourth-order valence-corrected chi connectivity index (χ4v) is 3.31. The van der Waals surface area contributed by atoms with Crippen molar-refractivity contribution in [1.29, 1.82) is 0 Å². The summed E-state index contributed by atoms with van der Waals surface area (Å²) in [7, 11) is -7.89. The minimum Gasteiger partial charge on any atom is -0.274 e. The van der Waals surface area contributed by atoms with E-state index >= 15 is 0 Å². The van der Waals surface area contributed by atoms with Gasteiger partial charge in [-0.25, -0.2) is 25.4 Å². The zero-order valence-electron chi connectivity index (χ0n) is 11.9. The van der Waals surface area contributed by atoms with Gasteiger partial charge in [-0.2, -0.15) is 0 Å². The van der Waals surface area contributed by atoms with Gasteiger partial charge < -0.3 is 0 Å². The summed E-state index contributed by atoms with van der Waals surface area (Å²) in [6.07, 6.45) is -0.0424. The Hall–Kier alpha value is -1.68. The second-order valence-electron chi connectivity index (χ2n) is 3.96. The van der Waals surface area contributed by atoms with Gasteiger partial charge in [0.1, 0.15) is 0 Å². The Balaban J connectivity index is 5.00. The Bertz CT molecular complexity index is 580. The molecular formula is C11H18N2O6S2. The summed E-state index contributed by atoms with van der Waals surface area (Å²) in [5.74, 6) is -1.45. The number of carbonyl (C=O) groups is 2. The zero-order valence-corrected chi connectivity index (χ0v) is 13.5. The largest absolute Gasteiger partial charge is 0.274 e. The smallest absolute Gasteiger partial charge is 0.259 e. The third kappa shape index (κ3) is 5.31. The maximum atomic E-state index is 11.6. The van der Waals surface area contributed by atoms with E-state index in [9.17, 15) is 26.4 Å². The lowest BCUT2D eigenvalue weighted by molar-refractivity contribution is -0.124. The summed E-state index contributed by atoms with van der Waals surface area (Å²) < 4.78 is 47.4. The first-order valence-electron chi connectivity index (χ1n) is 5.81. The molecule has 0 heterocycles. The third-order valence-electron chi connectivity index (χ3n) is 2.46. The van der Waals surface area contributed by atoms with Crippen molar-refractivity contribution in [3.63, 3.8) is 0 Å². The van der Waals surface area contributed by atoms with Crippen LogP contribution in [-0.4, -0.2) is 50.3 Å². The predicted molar refractivity (Wildman–Crippen MR) is 77.6 cm³/mol. The summed E-state index contributed by atoms with van der Waals surface area (Å²) in [5, 5.41) is 1.25. The van der Waals surface area contributed by atoms with Crippen LogP contribution in [0.1, 0.15) is 20.3 Å². The molecule has 0 saturated carbocycles. The highest BCUT2D eigenvalue weighted by atomic mass is 32.2. The molecule has 0 unspecified atom stereocenters. The Morgan fingerprint density at radius 3 is 1.33 bits per heavy atom. The molecule has 2 amide bonds. The van der Waals surface area contributed by atoms with Crippen molar-refractivity contribution in [2.75, 3.05) is 13.1 Å². The van der Waals surface area contributed by atoms with Crippen molar-refractivity contribution in [2.45, 2.75) is 20.3 Å². The van der Waals surface area contributed by atoms with Crippen LogP contribution in [-0.2, 0) is 29.6 Å². The van der Waals surface area contributed by atoms with Gasteiger partial charge in [0.2, 0.25) is 11.8 Å². The van der Waals surface area contributed by atoms with Crippen LogP contribution in [0.15, 0.2) is 24.0 Å². The lowest BCUT2D eigenvalue weighted by atomic mass is 10.4. The van der Waals surface area contributed by atoms with Crippen LogP contribution >= 0.6 is 0 Å². The monoisotopic (exact) mass is 338 g/mol. The number of hydrogen-bond donors (Lipinski definition) is 0. The second kappa shape index (κ2) is 7.36. The van der Waals surface area contributed by atoms with Gasteiger partial charge in [0.05, 0.1) is 0 Å². The molecule has 0 aromatic rings. The summed E-state index contributed by atoms with van der Waals surface area (Å²) in [6, 6.07) is 0. The molecule has 0 aromatic carbocycles. The number of carbonyl (C=O) groups excluding carboxylic acids is 2. The average molecular weight is 338 g/mol. The van der Waals surface area contributed by atoms with Gasteiger partial charge >= 0.3 is 0 Å². The third-order valence-corrected chi connectivity index (χ3v) is 5.41.